The van der Waals surface area contributed by atoms with Gasteiger partial charge in [0.05, 0.1) is 6.61 Å². The summed E-state index contributed by atoms with van der Waals surface area (Å²) in [5, 5.41) is 3.03. The molecule has 1 unspecified atom stereocenters. The van der Waals surface area contributed by atoms with Crippen molar-refractivity contribution < 1.29 is 17.9 Å². The summed E-state index contributed by atoms with van der Waals surface area (Å²) in [5.41, 5.74) is 0. The first kappa shape index (κ1) is 12.4. The monoisotopic (exact) mass is 236 g/mol. The van der Waals surface area contributed by atoms with E-state index in [1.165, 1.54) is 0 Å². The van der Waals surface area contributed by atoms with Crippen LogP contribution in [0.15, 0.2) is 0 Å². The fourth-order valence-corrected chi connectivity index (χ4v) is 2.59. The Morgan fingerprint density at radius 3 is 2.87 bits per heavy atom. The first-order chi connectivity index (χ1) is 7.03. The first-order valence-electron chi connectivity index (χ1n) is 4.90. The molecule has 1 atom stereocenters. The molecule has 1 heterocycles. The third-order valence-electron chi connectivity index (χ3n) is 2.02. The lowest BCUT2D eigenvalue weighted by molar-refractivity contribution is -0.139. The smallest absolute Gasteiger partial charge is 0.322 e. The lowest BCUT2D eigenvalue weighted by Crippen LogP contribution is -2.39. The molecule has 1 rings (SSSR count). The minimum absolute atomic E-state index is 0.107. The van der Waals surface area contributed by atoms with E-state index in [1.54, 1.807) is 6.92 Å². The van der Waals surface area contributed by atoms with Crippen molar-refractivity contribution in [2.24, 2.45) is 0 Å². The highest BCUT2D eigenvalue weighted by molar-refractivity contribution is 7.90. The van der Waals surface area contributed by atoms with Crippen molar-refractivity contribution in [3.63, 3.8) is 0 Å². The molecule has 0 aromatic carbocycles. The Morgan fingerprint density at radius 2 is 2.33 bits per heavy atom. The van der Waals surface area contributed by atoms with Crippen molar-refractivity contribution in [2.75, 3.05) is 25.4 Å². The Balaban J connectivity index is 2.40. The number of carbonyl (C=O) groups excluding carboxylic acids is 1. The Kier molecular flexibility index (Phi) is 4.49. The van der Waals surface area contributed by atoms with Gasteiger partial charge in [0.1, 0.15) is 0 Å². The van der Waals surface area contributed by atoms with E-state index in [0.717, 1.165) is 13.0 Å². The summed E-state index contributed by atoms with van der Waals surface area (Å²) in [7, 11) is -3.55. The van der Waals surface area contributed by atoms with Crippen molar-refractivity contribution in [3.05, 3.63) is 0 Å². The average molecular weight is 236 g/mol. The fourth-order valence-electron chi connectivity index (χ4n) is 1.41. The predicted molar refractivity (Wildman–Crippen MR) is 54.8 cm³/mol. The zero-order chi connectivity index (χ0) is 11.3. The summed E-state index contributed by atoms with van der Waals surface area (Å²) in [6.07, 6.45) is 0.752. The van der Waals surface area contributed by atoms with E-state index >= 15 is 0 Å². The van der Waals surface area contributed by atoms with E-state index in [-0.39, 0.29) is 12.6 Å². The highest BCUT2D eigenvalue weighted by atomic mass is 32.2. The number of ether oxygens (including phenoxy) is 1. The van der Waals surface area contributed by atoms with Crippen LogP contribution in [0.2, 0.25) is 0 Å². The SMILES string of the molecule is CCOC(=O)CS(=O)(=O)NC1CCNC1. The number of carbonyl (C=O) groups is 1. The maximum atomic E-state index is 11.4. The highest BCUT2D eigenvalue weighted by Gasteiger charge is 2.23. The van der Waals surface area contributed by atoms with Gasteiger partial charge in [0.25, 0.3) is 0 Å². The first-order valence-corrected chi connectivity index (χ1v) is 6.55. The minimum atomic E-state index is -3.55. The molecule has 1 fully saturated rings. The maximum absolute atomic E-state index is 11.4. The molecule has 0 aliphatic carbocycles. The van der Waals surface area contributed by atoms with Gasteiger partial charge in [0.2, 0.25) is 10.0 Å². The second-order valence-corrected chi connectivity index (χ2v) is 5.13. The van der Waals surface area contributed by atoms with Gasteiger partial charge in [-0.25, -0.2) is 13.1 Å². The van der Waals surface area contributed by atoms with E-state index in [4.69, 9.17) is 0 Å². The number of esters is 1. The van der Waals surface area contributed by atoms with Crippen LogP contribution in [0.25, 0.3) is 0 Å². The van der Waals surface area contributed by atoms with Crippen LogP contribution in [0.5, 0.6) is 0 Å². The molecule has 0 spiro atoms. The van der Waals surface area contributed by atoms with Crippen molar-refractivity contribution in [3.8, 4) is 0 Å². The minimum Gasteiger partial charge on any atom is -0.465 e. The molecule has 88 valence electrons. The van der Waals surface area contributed by atoms with Gasteiger partial charge >= 0.3 is 5.97 Å². The van der Waals surface area contributed by atoms with Crippen LogP contribution in [-0.2, 0) is 19.6 Å². The largest absolute Gasteiger partial charge is 0.465 e. The summed E-state index contributed by atoms with van der Waals surface area (Å²) < 4.78 is 29.9. The molecule has 15 heavy (non-hydrogen) atoms. The summed E-state index contributed by atoms with van der Waals surface area (Å²) in [5.74, 6) is -1.31. The molecule has 0 amide bonds. The zero-order valence-electron chi connectivity index (χ0n) is 8.65. The Labute approximate surface area is 89.4 Å². The normalized spacial score (nSPS) is 21.5. The van der Waals surface area contributed by atoms with Crippen molar-refractivity contribution in [1.29, 1.82) is 0 Å². The van der Waals surface area contributed by atoms with Crippen molar-refractivity contribution in [2.45, 2.75) is 19.4 Å². The third kappa shape index (κ3) is 4.59. The molecule has 7 heteroatoms. The van der Waals surface area contributed by atoms with E-state index in [9.17, 15) is 13.2 Å². The standard InChI is InChI=1S/C8H16N2O4S/c1-2-14-8(11)6-15(12,13)10-7-3-4-9-5-7/h7,9-10H,2-6H2,1H3. The van der Waals surface area contributed by atoms with E-state index < -0.39 is 21.7 Å². The number of sulfonamides is 1. The molecule has 0 aromatic rings. The Morgan fingerprint density at radius 1 is 1.60 bits per heavy atom. The van der Waals surface area contributed by atoms with Gasteiger partial charge in [0.15, 0.2) is 5.75 Å². The fraction of sp³-hybridized carbons (Fsp3) is 0.875. The van der Waals surface area contributed by atoms with Crippen molar-refractivity contribution >= 4 is 16.0 Å². The molecular formula is C8H16N2O4S. The summed E-state index contributed by atoms with van der Waals surface area (Å²) in [4.78, 5) is 11.0. The molecular weight excluding hydrogens is 220 g/mol. The van der Waals surface area contributed by atoms with Crippen LogP contribution in [0.3, 0.4) is 0 Å². The van der Waals surface area contributed by atoms with Gasteiger partial charge in [0, 0.05) is 12.6 Å². The molecule has 1 aliphatic heterocycles. The molecule has 2 N–H and O–H groups in total. The third-order valence-corrected chi connectivity index (χ3v) is 3.33. The number of rotatable bonds is 5. The van der Waals surface area contributed by atoms with E-state index in [0.29, 0.717) is 6.54 Å². The second kappa shape index (κ2) is 5.43. The van der Waals surface area contributed by atoms with Gasteiger partial charge in [-0.05, 0) is 19.9 Å². The number of hydrogen-bond donors (Lipinski definition) is 2. The van der Waals surface area contributed by atoms with E-state index in [1.807, 2.05) is 0 Å². The quantitative estimate of drug-likeness (QED) is 0.588. The average Bonchev–Trinajstić information content (AvgIpc) is 2.54. The van der Waals surface area contributed by atoms with Gasteiger partial charge in [-0.15, -0.1) is 0 Å². The van der Waals surface area contributed by atoms with Gasteiger partial charge in [-0.2, -0.15) is 0 Å². The second-order valence-electron chi connectivity index (χ2n) is 3.37. The van der Waals surface area contributed by atoms with Gasteiger partial charge in [-0.3, -0.25) is 4.79 Å². The molecule has 6 nitrogen and oxygen atoms in total. The molecule has 1 aliphatic rings. The van der Waals surface area contributed by atoms with Crippen LogP contribution in [-0.4, -0.2) is 45.9 Å². The van der Waals surface area contributed by atoms with Crippen LogP contribution in [0.4, 0.5) is 0 Å². The number of hydrogen-bond acceptors (Lipinski definition) is 5. The topological polar surface area (TPSA) is 84.5 Å². The Hall–Kier alpha value is -0.660. The lowest BCUT2D eigenvalue weighted by atomic mass is 10.3. The molecule has 1 saturated heterocycles. The predicted octanol–water partition coefficient (Wildman–Crippen LogP) is -1.17. The molecule has 0 bridgehead atoms. The highest BCUT2D eigenvalue weighted by Crippen LogP contribution is 2.00. The van der Waals surface area contributed by atoms with E-state index in [2.05, 4.69) is 14.8 Å². The summed E-state index contributed by atoms with van der Waals surface area (Å²) >= 11 is 0. The van der Waals surface area contributed by atoms with Crippen LogP contribution < -0.4 is 10.0 Å². The molecule has 0 radical (unpaired) electrons. The van der Waals surface area contributed by atoms with Gasteiger partial charge < -0.3 is 10.1 Å². The zero-order valence-corrected chi connectivity index (χ0v) is 9.47. The van der Waals surface area contributed by atoms with Crippen LogP contribution in [0, 0.1) is 0 Å². The number of nitrogens with one attached hydrogen (secondary N) is 2. The summed E-state index contributed by atoms with van der Waals surface area (Å²) in [6.45, 7) is 3.24. The van der Waals surface area contributed by atoms with Crippen LogP contribution in [0.1, 0.15) is 13.3 Å². The Bertz CT molecular complexity index is 309. The summed E-state index contributed by atoms with van der Waals surface area (Å²) in [6, 6.07) is -0.107. The van der Waals surface area contributed by atoms with Crippen molar-refractivity contribution in [1.82, 2.24) is 10.0 Å². The molecule has 0 aromatic heterocycles. The van der Waals surface area contributed by atoms with Crippen LogP contribution >= 0.6 is 0 Å². The maximum Gasteiger partial charge on any atom is 0.322 e. The van der Waals surface area contributed by atoms with Gasteiger partial charge in [-0.1, -0.05) is 0 Å². The lowest BCUT2D eigenvalue weighted by Gasteiger charge is -2.11. The molecule has 0 saturated carbocycles.